The number of carbonyl (C=O) groups is 3. The number of benzene rings is 3. The fourth-order valence-electron chi connectivity index (χ4n) is 3.41. The van der Waals surface area contributed by atoms with Gasteiger partial charge in [0.15, 0.2) is 11.5 Å². The number of nitrogens with zero attached hydrogens (tertiary/aromatic N) is 1. The zero-order valence-corrected chi connectivity index (χ0v) is 22.3. The average Bonchev–Trinajstić information content (AvgIpc) is 2.85. The molecule has 0 radical (unpaired) electrons. The van der Waals surface area contributed by atoms with Crippen LogP contribution in [0.15, 0.2) is 81.7 Å². The molecule has 0 bridgehead atoms. The molecule has 190 valence electrons. The van der Waals surface area contributed by atoms with Crippen LogP contribution in [0.25, 0.3) is 6.08 Å². The van der Waals surface area contributed by atoms with E-state index in [0.717, 1.165) is 4.90 Å². The van der Waals surface area contributed by atoms with Crippen LogP contribution in [0.1, 0.15) is 12.5 Å². The Balaban J connectivity index is 1.72. The van der Waals surface area contributed by atoms with Crippen LogP contribution in [0, 0.1) is 0 Å². The molecule has 0 spiro atoms. The van der Waals surface area contributed by atoms with Crippen LogP contribution < -0.4 is 19.1 Å². The standard InChI is InChI=1S/C25H18BrClN2O7S/c1-2-35-21-14-15(13-20(26)22(21)36-37(33,34)18-10-8-16(27)9-11-18)12-19-23(30)28-25(32)29(24(19)31)17-6-4-3-5-7-17/h3-14H,2H2,1H3,(H,28,30,32)/b19-12+. The second-order valence-electron chi connectivity index (χ2n) is 7.55. The van der Waals surface area contributed by atoms with E-state index in [9.17, 15) is 22.8 Å². The lowest BCUT2D eigenvalue weighted by Gasteiger charge is -2.26. The first-order valence-corrected chi connectivity index (χ1v) is 13.3. The van der Waals surface area contributed by atoms with Gasteiger partial charge in [0.25, 0.3) is 11.8 Å². The lowest BCUT2D eigenvalue weighted by atomic mass is 10.1. The van der Waals surface area contributed by atoms with Gasteiger partial charge in [-0.2, -0.15) is 8.42 Å². The highest BCUT2D eigenvalue weighted by atomic mass is 79.9. The van der Waals surface area contributed by atoms with Crippen LogP contribution >= 0.6 is 27.5 Å². The Morgan fingerprint density at radius 1 is 1.03 bits per heavy atom. The summed E-state index contributed by atoms with van der Waals surface area (Å²) in [7, 11) is -4.24. The zero-order chi connectivity index (χ0) is 26.7. The largest absolute Gasteiger partial charge is 0.490 e. The number of nitrogens with one attached hydrogen (secondary N) is 1. The van der Waals surface area contributed by atoms with Crippen molar-refractivity contribution in [3.63, 3.8) is 0 Å². The molecule has 9 nitrogen and oxygen atoms in total. The van der Waals surface area contributed by atoms with Gasteiger partial charge in [-0.15, -0.1) is 0 Å². The Labute approximate surface area is 225 Å². The maximum absolute atomic E-state index is 13.1. The average molecular weight is 606 g/mol. The number of carbonyl (C=O) groups excluding carboxylic acids is 3. The van der Waals surface area contributed by atoms with E-state index in [1.165, 1.54) is 42.5 Å². The summed E-state index contributed by atoms with van der Waals surface area (Å²) in [5.41, 5.74) is 0.295. The summed E-state index contributed by atoms with van der Waals surface area (Å²) in [5, 5.41) is 2.51. The smallest absolute Gasteiger partial charge is 0.339 e. The molecule has 1 aliphatic heterocycles. The number of hydrogen-bond acceptors (Lipinski definition) is 7. The number of amides is 4. The van der Waals surface area contributed by atoms with Crippen LogP contribution in [-0.4, -0.2) is 32.9 Å². The van der Waals surface area contributed by atoms with E-state index in [-0.39, 0.29) is 38.7 Å². The van der Waals surface area contributed by atoms with Crippen molar-refractivity contribution in [2.75, 3.05) is 11.5 Å². The van der Waals surface area contributed by atoms with Crippen LogP contribution in [-0.2, 0) is 19.7 Å². The normalized spacial score (nSPS) is 15.1. The van der Waals surface area contributed by atoms with E-state index in [4.69, 9.17) is 20.5 Å². The lowest BCUT2D eigenvalue weighted by molar-refractivity contribution is -0.122. The third-order valence-corrected chi connectivity index (χ3v) is 7.13. The second kappa shape index (κ2) is 10.8. The van der Waals surface area contributed by atoms with Gasteiger partial charge in [0.2, 0.25) is 0 Å². The molecule has 0 saturated carbocycles. The summed E-state index contributed by atoms with van der Waals surface area (Å²) in [4.78, 5) is 38.7. The number of urea groups is 1. The van der Waals surface area contributed by atoms with E-state index in [1.54, 1.807) is 37.3 Å². The summed E-state index contributed by atoms with van der Waals surface area (Å²) in [6.07, 6.45) is 1.27. The Morgan fingerprint density at radius 2 is 1.70 bits per heavy atom. The molecule has 0 unspecified atom stereocenters. The minimum Gasteiger partial charge on any atom is -0.490 e. The van der Waals surface area contributed by atoms with Gasteiger partial charge < -0.3 is 8.92 Å². The molecule has 4 rings (SSSR count). The van der Waals surface area contributed by atoms with Gasteiger partial charge in [-0.1, -0.05) is 29.8 Å². The molecule has 12 heteroatoms. The van der Waals surface area contributed by atoms with Crippen molar-refractivity contribution in [3.05, 3.63) is 87.4 Å². The number of imide groups is 2. The highest BCUT2D eigenvalue weighted by Crippen LogP contribution is 2.39. The van der Waals surface area contributed by atoms with E-state index in [0.29, 0.717) is 10.6 Å². The molecule has 1 fully saturated rings. The molecule has 1 saturated heterocycles. The molecule has 0 atom stereocenters. The molecular weight excluding hydrogens is 588 g/mol. The van der Waals surface area contributed by atoms with E-state index >= 15 is 0 Å². The number of rotatable bonds is 7. The summed E-state index contributed by atoms with van der Waals surface area (Å²) >= 11 is 9.13. The highest BCUT2D eigenvalue weighted by Gasteiger charge is 2.36. The van der Waals surface area contributed by atoms with Crippen molar-refractivity contribution in [3.8, 4) is 11.5 Å². The highest BCUT2D eigenvalue weighted by molar-refractivity contribution is 9.10. The van der Waals surface area contributed by atoms with Gasteiger partial charge in [-0.05, 0) is 83.0 Å². The van der Waals surface area contributed by atoms with Crippen molar-refractivity contribution in [1.82, 2.24) is 5.32 Å². The topological polar surface area (TPSA) is 119 Å². The third-order valence-electron chi connectivity index (χ3n) is 5.05. The summed E-state index contributed by atoms with van der Waals surface area (Å²) < 4.78 is 36.8. The maximum Gasteiger partial charge on any atom is 0.339 e. The first kappa shape index (κ1) is 26.4. The van der Waals surface area contributed by atoms with E-state index in [2.05, 4.69) is 21.2 Å². The summed E-state index contributed by atoms with van der Waals surface area (Å²) in [5.74, 6) is -1.78. The fourth-order valence-corrected chi connectivity index (χ4v) is 5.14. The van der Waals surface area contributed by atoms with Crippen molar-refractivity contribution >= 4 is 67.3 Å². The SMILES string of the molecule is CCOc1cc(/C=C2\C(=O)NC(=O)N(c3ccccc3)C2=O)cc(Br)c1OS(=O)(=O)c1ccc(Cl)cc1. The first-order chi connectivity index (χ1) is 17.6. The van der Waals surface area contributed by atoms with Gasteiger partial charge >= 0.3 is 16.1 Å². The molecule has 1 N–H and O–H groups in total. The van der Waals surface area contributed by atoms with Gasteiger partial charge in [-0.3, -0.25) is 14.9 Å². The number of para-hydroxylation sites is 1. The van der Waals surface area contributed by atoms with Crippen LogP contribution in [0.2, 0.25) is 5.02 Å². The predicted molar refractivity (Wildman–Crippen MR) is 140 cm³/mol. The van der Waals surface area contributed by atoms with Crippen LogP contribution in [0.4, 0.5) is 10.5 Å². The Kier molecular flexibility index (Phi) is 7.67. The molecule has 3 aromatic rings. The van der Waals surface area contributed by atoms with Crippen molar-refractivity contribution in [1.29, 1.82) is 0 Å². The second-order valence-corrected chi connectivity index (χ2v) is 10.4. The number of hydrogen-bond donors (Lipinski definition) is 1. The van der Waals surface area contributed by atoms with Gasteiger partial charge in [-0.25, -0.2) is 9.69 Å². The minimum atomic E-state index is -4.24. The summed E-state index contributed by atoms with van der Waals surface area (Å²) in [6, 6.07) is 15.6. The summed E-state index contributed by atoms with van der Waals surface area (Å²) in [6.45, 7) is 1.86. The molecule has 0 aliphatic carbocycles. The number of anilines is 1. The molecule has 3 aromatic carbocycles. The van der Waals surface area contributed by atoms with Crippen LogP contribution in [0.3, 0.4) is 0 Å². The van der Waals surface area contributed by atoms with E-state index < -0.39 is 28.0 Å². The monoisotopic (exact) mass is 604 g/mol. The third kappa shape index (κ3) is 5.68. The van der Waals surface area contributed by atoms with Gasteiger partial charge in [0.1, 0.15) is 10.5 Å². The minimum absolute atomic E-state index is 0.0425. The Morgan fingerprint density at radius 3 is 2.35 bits per heavy atom. The molecular formula is C25H18BrClN2O7S. The first-order valence-electron chi connectivity index (χ1n) is 10.7. The molecule has 37 heavy (non-hydrogen) atoms. The van der Waals surface area contributed by atoms with Gasteiger partial charge in [0, 0.05) is 5.02 Å². The van der Waals surface area contributed by atoms with Crippen molar-refractivity contribution in [2.45, 2.75) is 11.8 Å². The molecule has 4 amide bonds. The van der Waals surface area contributed by atoms with Crippen molar-refractivity contribution < 1.29 is 31.7 Å². The lowest BCUT2D eigenvalue weighted by Crippen LogP contribution is -2.54. The molecule has 1 heterocycles. The predicted octanol–water partition coefficient (Wildman–Crippen LogP) is 4.94. The van der Waals surface area contributed by atoms with Crippen LogP contribution in [0.5, 0.6) is 11.5 Å². The fraction of sp³-hybridized carbons (Fsp3) is 0.0800. The number of halogens is 2. The molecule has 1 aliphatic rings. The van der Waals surface area contributed by atoms with Gasteiger partial charge in [0.05, 0.1) is 16.8 Å². The quantitative estimate of drug-likeness (QED) is 0.230. The zero-order valence-electron chi connectivity index (χ0n) is 19.1. The Bertz CT molecular complexity index is 1520. The maximum atomic E-state index is 13.1. The van der Waals surface area contributed by atoms with E-state index in [1.807, 2.05) is 0 Å². The van der Waals surface area contributed by atoms with Crippen molar-refractivity contribution in [2.24, 2.45) is 0 Å². The number of barbiturate groups is 1. The molecule has 0 aromatic heterocycles. The Hall–Kier alpha value is -3.67. The number of ether oxygens (including phenoxy) is 1.